The number of hydrogen-bond acceptors (Lipinski definition) is 4. The number of rotatable bonds is 5. The monoisotopic (exact) mass is 264 g/mol. The molecule has 1 amide bonds. The number of methoxy groups -OCH3 is 1. The van der Waals surface area contributed by atoms with E-state index in [-0.39, 0.29) is 12.2 Å². The average Bonchev–Trinajstić information content (AvgIpc) is 2.82. The van der Waals surface area contributed by atoms with Crippen LogP contribution >= 0.6 is 0 Å². The molecule has 5 nitrogen and oxygen atoms in total. The summed E-state index contributed by atoms with van der Waals surface area (Å²) in [5, 5.41) is 3.14. The molecule has 1 fully saturated rings. The van der Waals surface area contributed by atoms with Gasteiger partial charge in [0.2, 0.25) is 5.91 Å². The van der Waals surface area contributed by atoms with E-state index in [1.54, 1.807) is 7.11 Å². The van der Waals surface area contributed by atoms with Crippen molar-refractivity contribution in [3.8, 4) is 5.75 Å². The molecule has 0 aromatic heterocycles. The van der Waals surface area contributed by atoms with Crippen LogP contribution in [-0.2, 0) is 9.53 Å². The smallest absolute Gasteiger partial charge is 0.242 e. The lowest BCUT2D eigenvalue weighted by atomic mass is 10.1. The molecule has 3 unspecified atom stereocenters. The summed E-state index contributed by atoms with van der Waals surface area (Å²) >= 11 is 0. The molecule has 0 bridgehead atoms. The van der Waals surface area contributed by atoms with Crippen LogP contribution in [0.2, 0.25) is 0 Å². The summed E-state index contributed by atoms with van der Waals surface area (Å²) in [6.07, 6.45) is 1.80. The van der Waals surface area contributed by atoms with Crippen LogP contribution in [0.1, 0.15) is 19.8 Å². The van der Waals surface area contributed by atoms with E-state index in [1.807, 2.05) is 31.2 Å². The van der Waals surface area contributed by atoms with Gasteiger partial charge < -0.3 is 20.5 Å². The van der Waals surface area contributed by atoms with Gasteiger partial charge in [-0.25, -0.2) is 0 Å². The van der Waals surface area contributed by atoms with Crippen molar-refractivity contribution in [3.63, 3.8) is 0 Å². The topological polar surface area (TPSA) is 73.6 Å². The molecular formula is C14H20N2O3. The van der Waals surface area contributed by atoms with Crippen LogP contribution in [-0.4, -0.2) is 31.3 Å². The Bertz CT molecular complexity index is 450. The third-order valence-electron chi connectivity index (χ3n) is 3.34. The molecule has 3 atom stereocenters. The summed E-state index contributed by atoms with van der Waals surface area (Å²) < 4.78 is 10.9. The van der Waals surface area contributed by atoms with Gasteiger partial charge in [0.25, 0.3) is 0 Å². The Balaban J connectivity index is 2.10. The average molecular weight is 264 g/mol. The normalized spacial score (nSPS) is 23.9. The van der Waals surface area contributed by atoms with Crippen molar-refractivity contribution in [1.29, 1.82) is 0 Å². The molecule has 1 aliphatic heterocycles. The SMILES string of the molecule is COc1cccc(NC(C(N)=O)C2CCC(C)O2)c1. The number of benzene rings is 1. The maximum atomic E-state index is 11.6. The zero-order valence-corrected chi connectivity index (χ0v) is 11.3. The van der Waals surface area contributed by atoms with E-state index in [1.165, 1.54) is 0 Å². The van der Waals surface area contributed by atoms with Crippen molar-refractivity contribution < 1.29 is 14.3 Å². The van der Waals surface area contributed by atoms with E-state index in [2.05, 4.69) is 5.32 Å². The summed E-state index contributed by atoms with van der Waals surface area (Å²) in [4.78, 5) is 11.6. The van der Waals surface area contributed by atoms with Crippen LogP contribution in [0.25, 0.3) is 0 Å². The zero-order valence-electron chi connectivity index (χ0n) is 11.3. The van der Waals surface area contributed by atoms with E-state index >= 15 is 0 Å². The number of primary amides is 1. The highest BCUT2D eigenvalue weighted by atomic mass is 16.5. The summed E-state index contributed by atoms with van der Waals surface area (Å²) in [5.74, 6) is 0.329. The minimum absolute atomic E-state index is 0.168. The minimum Gasteiger partial charge on any atom is -0.497 e. The third kappa shape index (κ3) is 3.38. The molecule has 1 saturated heterocycles. The van der Waals surface area contributed by atoms with E-state index in [0.717, 1.165) is 24.3 Å². The number of nitrogens with one attached hydrogen (secondary N) is 1. The van der Waals surface area contributed by atoms with Gasteiger partial charge >= 0.3 is 0 Å². The molecule has 104 valence electrons. The zero-order chi connectivity index (χ0) is 13.8. The second kappa shape index (κ2) is 5.93. The molecule has 0 aliphatic carbocycles. The number of ether oxygens (including phenoxy) is 2. The standard InChI is InChI=1S/C14H20N2O3/c1-9-6-7-12(19-9)13(14(15)17)16-10-4-3-5-11(8-10)18-2/h3-5,8-9,12-13,16H,6-7H2,1-2H3,(H2,15,17). The van der Waals surface area contributed by atoms with Gasteiger partial charge in [0.1, 0.15) is 11.8 Å². The molecule has 1 aromatic rings. The Hall–Kier alpha value is -1.75. The number of carbonyl (C=O) groups excluding carboxylic acids is 1. The third-order valence-corrected chi connectivity index (χ3v) is 3.34. The maximum absolute atomic E-state index is 11.6. The van der Waals surface area contributed by atoms with Gasteiger partial charge in [-0.2, -0.15) is 0 Å². The summed E-state index contributed by atoms with van der Waals surface area (Å²) in [5.41, 5.74) is 6.27. The van der Waals surface area contributed by atoms with Crippen LogP contribution in [0.5, 0.6) is 5.75 Å². The Morgan fingerprint density at radius 1 is 1.53 bits per heavy atom. The molecule has 3 N–H and O–H groups in total. The predicted octanol–water partition coefficient (Wildman–Crippen LogP) is 1.53. The first-order valence-corrected chi connectivity index (χ1v) is 6.45. The molecule has 2 rings (SSSR count). The Morgan fingerprint density at radius 3 is 2.89 bits per heavy atom. The van der Waals surface area contributed by atoms with Crippen molar-refractivity contribution in [3.05, 3.63) is 24.3 Å². The van der Waals surface area contributed by atoms with Crippen LogP contribution < -0.4 is 15.8 Å². The highest BCUT2D eigenvalue weighted by Crippen LogP contribution is 2.25. The lowest BCUT2D eigenvalue weighted by Crippen LogP contribution is -2.44. The fraction of sp³-hybridized carbons (Fsp3) is 0.500. The number of carbonyl (C=O) groups is 1. The second-order valence-corrected chi connectivity index (χ2v) is 4.82. The van der Waals surface area contributed by atoms with Gasteiger partial charge in [0.15, 0.2) is 0 Å². The van der Waals surface area contributed by atoms with Crippen LogP contribution in [0, 0.1) is 0 Å². The van der Waals surface area contributed by atoms with Crippen molar-refractivity contribution in [2.75, 3.05) is 12.4 Å². The quantitative estimate of drug-likeness (QED) is 0.845. The summed E-state index contributed by atoms with van der Waals surface area (Å²) in [6, 6.07) is 6.89. The van der Waals surface area contributed by atoms with Gasteiger partial charge in [-0.05, 0) is 31.9 Å². The highest BCUT2D eigenvalue weighted by molar-refractivity contribution is 5.83. The van der Waals surface area contributed by atoms with E-state index < -0.39 is 11.9 Å². The second-order valence-electron chi connectivity index (χ2n) is 4.82. The Kier molecular flexibility index (Phi) is 4.27. The fourth-order valence-electron chi connectivity index (χ4n) is 2.32. The van der Waals surface area contributed by atoms with Gasteiger partial charge in [0, 0.05) is 11.8 Å². The van der Waals surface area contributed by atoms with Gasteiger partial charge in [0.05, 0.1) is 19.3 Å². The summed E-state index contributed by atoms with van der Waals surface area (Å²) in [7, 11) is 1.60. The van der Waals surface area contributed by atoms with Crippen LogP contribution in [0.4, 0.5) is 5.69 Å². The molecule has 0 saturated carbocycles. The van der Waals surface area contributed by atoms with Crippen LogP contribution in [0.15, 0.2) is 24.3 Å². The van der Waals surface area contributed by atoms with E-state index in [4.69, 9.17) is 15.2 Å². The largest absolute Gasteiger partial charge is 0.497 e. The first-order valence-electron chi connectivity index (χ1n) is 6.45. The molecule has 1 heterocycles. The van der Waals surface area contributed by atoms with E-state index in [9.17, 15) is 4.79 Å². The number of hydrogen-bond donors (Lipinski definition) is 2. The van der Waals surface area contributed by atoms with Crippen molar-refractivity contribution in [2.45, 2.75) is 38.0 Å². The maximum Gasteiger partial charge on any atom is 0.242 e. The molecule has 0 radical (unpaired) electrons. The first-order chi connectivity index (χ1) is 9.10. The van der Waals surface area contributed by atoms with Gasteiger partial charge in [-0.1, -0.05) is 6.07 Å². The van der Waals surface area contributed by atoms with Crippen molar-refractivity contribution in [2.24, 2.45) is 5.73 Å². The molecule has 1 aromatic carbocycles. The highest BCUT2D eigenvalue weighted by Gasteiger charge is 2.33. The number of amides is 1. The first kappa shape index (κ1) is 13.7. The molecule has 1 aliphatic rings. The van der Waals surface area contributed by atoms with Crippen molar-refractivity contribution >= 4 is 11.6 Å². The Labute approximate surface area is 113 Å². The molecule has 19 heavy (non-hydrogen) atoms. The van der Waals surface area contributed by atoms with Gasteiger partial charge in [-0.3, -0.25) is 4.79 Å². The predicted molar refractivity (Wildman–Crippen MR) is 73.2 cm³/mol. The van der Waals surface area contributed by atoms with Crippen LogP contribution in [0.3, 0.4) is 0 Å². The molecule has 5 heteroatoms. The van der Waals surface area contributed by atoms with Gasteiger partial charge in [-0.15, -0.1) is 0 Å². The molecule has 0 spiro atoms. The summed E-state index contributed by atoms with van der Waals surface area (Å²) in [6.45, 7) is 2.00. The molecular weight excluding hydrogens is 244 g/mol. The van der Waals surface area contributed by atoms with E-state index in [0.29, 0.717) is 0 Å². The number of nitrogens with two attached hydrogens (primary N) is 1. The fourth-order valence-corrected chi connectivity index (χ4v) is 2.32. The lowest BCUT2D eigenvalue weighted by molar-refractivity contribution is -0.121. The lowest BCUT2D eigenvalue weighted by Gasteiger charge is -2.23. The minimum atomic E-state index is -0.517. The van der Waals surface area contributed by atoms with Crippen molar-refractivity contribution in [1.82, 2.24) is 0 Å². The number of anilines is 1. The Morgan fingerprint density at radius 2 is 2.32 bits per heavy atom.